The number of carbonyl (C=O) groups is 2. The third-order valence-electron chi connectivity index (χ3n) is 3.03. The van der Waals surface area contributed by atoms with Gasteiger partial charge in [-0.05, 0) is 12.5 Å². The van der Waals surface area contributed by atoms with Gasteiger partial charge in [-0.15, -0.1) is 0 Å². The minimum atomic E-state index is -0.529. The SMILES string of the molecule is CCOC(=O)C(NC1CNC(=O)C1)c1ccccc1. The van der Waals surface area contributed by atoms with E-state index >= 15 is 0 Å². The Kier molecular flexibility index (Phi) is 4.52. The molecule has 1 heterocycles. The van der Waals surface area contributed by atoms with E-state index in [-0.39, 0.29) is 17.9 Å². The second kappa shape index (κ2) is 6.33. The number of carbonyl (C=O) groups excluding carboxylic acids is 2. The summed E-state index contributed by atoms with van der Waals surface area (Å²) in [6.45, 7) is 2.66. The van der Waals surface area contributed by atoms with E-state index in [0.29, 0.717) is 19.6 Å². The molecule has 0 aliphatic carbocycles. The van der Waals surface area contributed by atoms with E-state index < -0.39 is 6.04 Å². The summed E-state index contributed by atoms with van der Waals surface area (Å²) >= 11 is 0. The number of hydrogen-bond acceptors (Lipinski definition) is 4. The second-order valence-corrected chi connectivity index (χ2v) is 4.47. The average molecular weight is 262 g/mol. The van der Waals surface area contributed by atoms with Gasteiger partial charge in [-0.25, -0.2) is 4.79 Å². The standard InChI is InChI=1S/C14H18N2O3/c1-2-19-14(18)13(10-6-4-3-5-7-10)16-11-8-12(17)15-9-11/h3-7,11,13,16H,2,8-9H2,1H3,(H,15,17). The summed E-state index contributed by atoms with van der Waals surface area (Å²) in [5.41, 5.74) is 0.847. The number of esters is 1. The lowest BCUT2D eigenvalue weighted by Crippen LogP contribution is -2.39. The Balaban J connectivity index is 2.10. The lowest BCUT2D eigenvalue weighted by molar-refractivity contribution is -0.146. The van der Waals surface area contributed by atoms with Gasteiger partial charge in [0.1, 0.15) is 6.04 Å². The molecule has 1 aliphatic rings. The molecule has 5 heteroatoms. The number of ether oxygens (including phenoxy) is 1. The topological polar surface area (TPSA) is 67.4 Å². The van der Waals surface area contributed by atoms with Crippen LogP contribution in [0.1, 0.15) is 24.9 Å². The van der Waals surface area contributed by atoms with Crippen molar-refractivity contribution in [2.24, 2.45) is 0 Å². The molecule has 0 radical (unpaired) electrons. The van der Waals surface area contributed by atoms with Crippen molar-refractivity contribution in [3.05, 3.63) is 35.9 Å². The van der Waals surface area contributed by atoms with Gasteiger partial charge in [0.05, 0.1) is 6.61 Å². The molecule has 1 aliphatic heterocycles. The van der Waals surface area contributed by atoms with Gasteiger partial charge in [0, 0.05) is 19.0 Å². The molecule has 1 fully saturated rings. The molecule has 102 valence electrons. The lowest BCUT2D eigenvalue weighted by atomic mass is 10.1. The van der Waals surface area contributed by atoms with Crippen LogP contribution >= 0.6 is 0 Å². The summed E-state index contributed by atoms with van der Waals surface area (Å²) in [6, 6.07) is 8.83. The minimum Gasteiger partial charge on any atom is -0.465 e. The van der Waals surface area contributed by atoms with Crippen LogP contribution in [0.15, 0.2) is 30.3 Å². The van der Waals surface area contributed by atoms with Crippen molar-refractivity contribution in [1.29, 1.82) is 0 Å². The normalized spacial score (nSPS) is 19.8. The highest BCUT2D eigenvalue weighted by atomic mass is 16.5. The van der Waals surface area contributed by atoms with Crippen molar-refractivity contribution in [1.82, 2.24) is 10.6 Å². The van der Waals surface area contributed by atoms with Gasteiger partial charge in [-0.1, -0.05) is 30.3 Å². The molecule has 5 nitrogen and oxygen atoms in total. The first kappa shape index (κ1) is 13.5. The fourth-order valence-electron chi connectivity index (χ4n) is 2.13. The van der Waals surface area contributed by atoms with Crippen molar-refractivity contribution < 1.29 is 14.3 Å². The van der Waals surface area contributed by atoms with Gasteiger partial charge in [0.25, 0.3) is 0 Å². The molecule has 0 aromatic heterocycles. The number of hydrogen-bond donors (Lipinski definition) is 2. The van der Waals surface area contributed by atoms with Crippen LogP contribution in [-0.2, 0) is 14.3 Å². The number of rotatable bonds is 5. The van der Waals surface area contributed by atoms with E-state index in [2.05, 4.69) is 10.6 Å². The zero-order valence-corrected chi connectivity index (χ0v) is 10.9. The summed E-state index contributed by atoms with van der Waals surface area (Å²) < 4.78 is 5.09. The van der Waals surface area contributed by atoms with E-state index in [1.807, 2.05) is 30.3 Å². The summed E-state index contributed by atoms with van der Waals surface area (Å²) in [7, 11) is 0. The molecular formula is C14H18N2O3. The van der Waals surface area contributed by atoms with E-state index in [1.165, 1.54) is 0 Å². The van der Waals surface area contributed by atoms with Gasteiger partial charge in [0.2, 0.25) is 5.91 Å². The molecule has 1 aromatic rings. The van der Waals surface area contributed by atoms with E-state index in [0.717, 1.165) is 5.56 Å². The predicted molar refractivity (Wildman–Crippen MR) is 70.4 cm³/mol. The van der Waals surface area contributed by atoms with Gasteiger partial charge >= 0.3 is 5.97 Å². The maximum Gasteiger partial charge on any atom is 0.327 e. The molecule has 1 amide bonds. The Morgan fingerprint density at radius 1 is 1.47 bits per heavy atom. The van der Waals surface area contributed by atoms with Crippen LogP contribution < -0.4 is 10.6 Å². The van der Waals surface area contributed by atoms with Crippen LogP contribution in [0.25, 0.3) is 0 Å². The first-order valence-electron chi connectivity index (χ1n) is 6.45. The van der Waals surface area contributed by atoms with Crippen molar-refractivity contribution in [3.63, 3.8) is 0 Å². The fourth-order valence-corrected chi connectivity index (χ4v) is 2.13. The molecule has 2 atom stereocenters. The van der Waals surface area contributed by atoms with Crippen LogP contribution in [0.5, 0.6) is 0 Å². The van der Waals surface area contributed by atoms with E-state index in [1.54, 1.807) is 6.92 Å². The van der Waals surface area contributed by atoms with Crippen molar-refractivity contribution >= 4 is 11.9 Å². The maximum atomic E-state index is 12.0. The summed E-state index contributed by atoms with van der Waals surface area (Å²) in [4.78, 5) is 23.2. The molecule has 1 saturated heterocycles. The molecule has 2 N–H and O–H groups in total. The maximum absolute atomic E-state index is 12.0. The Morgan fingerprint density at radius 2 is 2.21 bits per heavy atom. The smallest absolute Gasteiger partial charge is 0.327 e. The molecule has 2 rings (SSSR count). The van der Waals surface area contributed by atoms with Crippen molar-refractivity contribution in [2.75, 3.05) is 13.2 Å². The minimum absolute atomic E-state index is 0.00757. The highest BCUT2D eigenvalue weighted by molar-refractivity contribution is 5.80. The molecule has 1 aromatic carbocycles. The Morgan fingerprint density at radius 3 is 2.79 bits per heavy atom. The highest BCUT2D eigenvalue weighted by Gasteiger charge is 2.29. The third kappa shape index (κ3) is 3.54. The highest BCUT2D eigenvalue weighted by Crippen LogP contribution is 2.17. The van der Waals surface area contributed by atoms with Crippen molar-refractivity contribution in [2.45, 2.75) is 25.4 Å². The second-order valence-electron chi connectivity index (χ2n) is 4.47. The average Bonchev–Trinajstić information content (AvgIpc) is 2.83. The van der Waals surface area contributed by atoms with Crippen LogP contribution in [0.3, 0.4) is 0 Å². The van der Waals surface area contributed by atoms with E-state index in [9.17, 15) is 9.59 Å². The first-order valence-corrected chi connectivity index (χ1v) is 6.45. The van der Waals surface area contributed by atoms with Crippen LogP contribution in [0.2, 0.25) is 0 Å². The number of amides is 1. The molecular weight excluding hydrogens is 244 g/mol. The summed E-state index contributed by atoms with van der Waals surface area (Å²) in [5, 5.41) is 5.93. The Bertz CT molecular complexity index is 447. The summed E-state index contributed by atoms with van der Waals surface area (Å²) in [6.07, 6.45) is 0.392. The van der Waals surface area contributed by atoms with Gasteiger partial charge in [0.15, 0.2) is 0 Å². The van der Waals surface area contributed by atoms with Crippen LogP contribution in [0.4, 0.5) is 0 Å². The van der Waals surface area contributed by atoms with Gasteiger partial charge in [-0.2, -0.15) is 0 Å². The lowest BCUT2D eigenvalue weighted by Gasteiger charge is -2.20. The Hall–Kier alpha value is -1.88. The number of nitrogens with one attached hydrogen (secondary N) is 2. The third-order valence-corrected chi connectivity index (χ3v) is 3.03. The van der Waals surface area contributed by atoms with Crippen LogP contribution in [0, 0.1) is 0 Å². The van der Waals surface area contributed by atoms with Crippen LogP contribution in [-0.4, -0.2) is 31.1 Å². The number of benzene rings is 1. The fraction of sp³-hybridized carbons (Fsp3) is 0.429. The molecule has 2 unspecified atom stereocenters. The Labute approximate surface area is 112 Å². The molecule has 19 heavy (non-hydrogen) atoms. The largest absolute Gasteiger partial charge is 0.465 e. The quantitative estimate of drug-likeness (QED) is 0.769. The van der Waals surface area contributed by atoms with Crippen molar-refractivity contribution in [3.8, 4) is 0 Å². The molecule has 0 bridgehead atoms. The zero-order chi connectivity index (χ0) is 13.7. The monoisotopic (exact) mass is 262 g/mol. The summed E-state index contributed by atoms with van der Waals surface area (Å²) in [5.74, 6) is -0.304. The molecule has 0 saturated carbocycles. The van der Waals surface area contributed by atoms with Gasteiger partial charge < -0.3 is 10.1 Å². The van der Waals surface area contributed by atoms with Gasteiger partial charge in [-0.3, -0.25) is 10.1 Å². The zero-order valence-electron chi connectivity index (χ0n) is 10.9. The first-order chi connectivity index (χ1) is 9.20. The van der Waals surface area contributed by atoms with E-state index in [4.69, 9.17) is 4.74 Å². The predicted octanol–water partition coefficient (Wildman–Crippen LogP) is 0.769. The molecule has 0 spiro atoms.